The summed E-state index contributed by atoms with van der Waals surface area (Å²) in [5.74, 6) is -3.16. The van der Waals surface area contributed by atoms with E-state index in [4.69, 9.17) is 4.74 Å². The lowest BCUT2D eigenvalue weighted by molar-refractivity contribution is -0.141. The van der Waals surface area contributed by atoms with Crippen molar-refractivity contribution in [3.63, 3.8) is 0 Å². The maximum absolute atomic E-state index is 13.1. The van der Waals surface area contributed by atoms with Crippen LogP contribution < -0.4 is 5.32 Å². The number of aromatic nitrogens is 3. The van der Waals surface area contributed by atoms with Crippen molar-refractivity contribution in [2.24, 2.45) is 13.0 Å². The quantitative estimate of drug-likeness (QED) is 0.703. The van der Waals surface area contributed by atoms with Crippen LogP contribution in [0.3, 0.4) is 0 Å². The van der Waals surface area contributed by atoms with Crippen molar-refractivity contribution >= 4 is 11.7 Å². The van der Waals surface area contributed by atoms with Crippen LogP contribution in [0, 0.1) is 5.92 Å². The molecule has 0 aromatic carbocycles. The third kappa shape index (κ3) is 3.87. The Morgan fingerprint density at radius 3 is 2.55 bits per heavy atom. The van der Waals surface area contributed by atoms with Crippen molar-refractivity contribution in [1.82, 2.24) is 14.8 Å². The number of aryl methyl sites for hydroxylation is 1. The van der Waals surface area contributed by atoms with E-state index >= 15 is 0 Å². The molecule has 4 heterocycles. The third-order valence-electron chi connectivity index (χ3n) is 5.52. The van der Waals surface area contributed by atoms with Gasteiger partial charge in [0.25, 0.3) is 0 Å². The maximum atomic E-state index is 13.1. The van der Waals surface area contributed by atoms with Gasteiger partial charge in [0.15, 0.2) is 5.69 Å². The minimum atomic E-state index is -4.72. The van der Waals surface area contributed by atoms with Crippen LogP contribution in [0.1, 0.15) is 29.3 Å². The van der Waals surface area contributed by atoms with Crippen LogP contribution in [-0.2, 0) is 28.9 Å². The number of hydrogen-bond donors (Lipinski definition) is 2. The van der Waals surface area contributed by atoms with Gasteiger partial charge in [0.05, 0.1) is 29.8 Å². The number of amides is 1. The number of rotatable bonds is 3. The number of ether oxygens (including phenoxy) is 1. The summed E-state index contributed by atoms with van der Waals surface area (Å²) in [4.78, 5) is 16.6. The number of aliphatic hydroxyl groups excluding tert-OH is 1. The van der Waals surface area contributed by atoms with Gasteiger partial charge < -0.3 is 15.2 Å². The zero-order valence-corrected chi connectivity index (χ0v) is 15.8. The number of aliphatic hydroxyl groups is 1. The molecule has 13 heteroatoms. The third-order valence-corrected chi connectivity index (χ3v) is 5.52. The van der Waals surface area contributed by atoms with E-state index in [9.17, 15) is 36.2 Å². The van der Waals surface area contributed by atoms with Crippen LogP contribution in [-0.4, -0.2) is 44.1 Å². The normalized spacial score (nSPS) is 28.2. The van der Waals surface area contributed by atoms with E-state index < -0.39 is 59.7 Å². The van der Waals surface area contributed by atoms with Crippen LogP contribution in [0.25, 0.3) is 0 Å². The van der Waals surface area contributed by atoms with E-state index in [1.807, 2.05) is 0 Å². The Morgan fingerprint density at radius 1 is 1.23 bits per heavy atom. The molecule has 2 aromatic rings. The standard InChI is InChI=1S/C18H16F6N4O3/c1-28-8(5-11(27-28)18(22,23)24)13-14(10-6-9(29)15(13)31-10)16(30)26-12-4-7(2-3-25-12)17(19,20)21/h2-5,9-10,13-15,29H,6H2,1H3,(H,25,26,30). The van der Waals surface area contributed by atoms with E-state index in [-0.39, 0.29) is 17.9 Å². The Balaban J connectivity index is 1.64. The number of alkyl halides is 6. The topological polar surface area (TPSA) is 89.3 Å². The van der Waals surface area contributed by atoms with Crippen LogP contribution in [0.5, 0.6) is 0 Å². The lowest BCUT2D eigenvalue weighted by Crippen LogP contribution is -2.41. The molecule has 5 unspecified atom stereocenters. The van der Waals surface area contributed by atoms with E-state index in [0.717, 1.165) is 23.0 Å². The molecule has 1 amide bonds. The molecule has 0 aliphatic carbocycles. The number of pyridine rings is 1. The largest absolute Gasteiger partial charge is 0.435 e. The minimum absolute atomic E-state index is 0.0238. The summed E-state index contributed by atoms with van der Waals surface area (Å²) in [6, 6.07) is 2.18. The number of carbonyl (C=O) groups is 1. The van der Waals surface area contributed by atoms with Crippen LogP contribution in [0.4, 0.5) is 32.2 Å². The fourth-order valence-corrected chi connectivity index (χ4v) is 4.21. The molecule has 2 aliphatic rings. The number of hydrogen-bond acceptors (Lipinski definition) is 5. The van der Waals surface area contributed by atoms with Crippen molar-refractivity contribution < 1.29 is 41.0 Å². The zero-order valence-electron chi connectivity index (χ0n) is 15.8. The van der Waals surface area contributed by atoms with Crippen molar-refractivity contribution in [3.05, 3.63) is 41.3 Å². The van der Waals surface area contributed by atoms with Crippen LogP contribution >= 0.6 is 0 Å². The summed E-state index contributed by atoms with van der Waals surface area (Å²) >= 11 is 0. The summed E-state index contributed by atoms with van der Waals surface area (Å²) < 4.78 is 84.5. The van der Waals surface area contributed by atoms with Gasteiger partial charge in [-0.3, -0.25) is 9.48 Å². The van der Waals surface area contributed by atoms with Gasteiger partial charge in [-0.05, 0) is 18.2 Å². The van der Waals surface area contributed by atoms with Crippen molar-refractivity contribution in [2.45, 2.75) is 43.0 Å². The molecule has 168 valence electrons. The highest BCUT2D eigenvalue weighted by Gasteiger charge is 2.58. The summed E-state index contributed by atoms with van der Waals surface area (Å²) in [5, 5.41) is 15.9. The van der Waals surface area contributed by atoms with Gasteiger partial charge in [-0.1, -0.05) is 0 Å². The zero-order chi connectivity index (χ0) is 22.7. The molecule has 2 fully saturated rings. The number of nitrogens with zero attached hydrogens (tertiary/aromatic N) is 3. The molecule has 0 saturated carbocycles. The first-order valence-corrected chi connectivity index (χ1v) is 9.15. The predicted octanol–water partition coefficient (Wildman–Crippen LogP) is 2.72. The minimum Gasteiger partial charge on any atom is -0.390 e. The molecule has 0 spiro atoms. The highest BCUT2D eigenvalue weighted by atomic mass is 19.4. The van der Waals surface area contributed by atoms with Gasteiger partial charge in [-0.15, -0.1) is 0 Å². The molecule has 31 heavy (non-hydrogen) atoms. The average Bonchev–Trinajstić information content (AvgIpc) is 3.32. The molecular weight excluding hydrogens is 434 g/mol. The number of halogens is 6. The van der Waals surface area contributed by atoms with Gasteiger partial charge in [-0.25, -0.2) is 4.98 Å². The smallest absolute Gasteiger partial charge is 0.390 e. The Hall–Kier alpha value is -2.67. The van der Waals surface area contributed by atoms with E-state index in [1.54, 1.807) is 0 Å². The van der Waals surface area contributed by atoms with Gasteiger partial charge in [0.2, 0.25) is 5.91 Å². The second-order valence-electron chi connectivity index (χ2n) is 7.49. The molecule has 2 saturated heterocycles. The summed E-state index contributed by atoms with van der Waals surface area (Å²) in [6.45, 7) is 0. The highest BCUT2D eigenvalue weighted by molar-refractivity contribution is 5.93. The monoisotopic (exact) mass is 450 g/mol. The molecular formula is C18H16F6N4O3. The van der Waals surface area contributed by atoms with Crippen molar-refractivity contribution in [2.75, 3.05) is 5.32 Å². The molecule has 4 rings (SSSR count). The Morgan fingerprint density at radius 2 is 1.94 bits per heavy atom. The molecule has 7 nitrogen and oxygen atoms in total. The Kier molecular flexibility index (Phi) is 5.00. The van der Waals surface area contributed by atoms with Gasteiger partial charge in [-0.2, -0.15) is 31.4 Å². The van der Waals surface area contributed by atoms with Gasteiger partial charge >= 0.3 is 12.4 Å². The summed E-state index contributed by atoms with van der Waals surface area (Å²) in [5.41, 5.74) is -2.16. The van der Waals surface area contributed by atoms with E-state index in [1.165, 1.54) is 7.05 Å². The second kappa shape index (κ2) is 7.19. The molecule has 2 N–H and O–H groups in total. The van der Waals surface area contributed by atoms with E-state index in [2.05, 4.69) is 15.4 Å². The fraction of sp³-hybridized carbons (Fsp3) is 0.500. The number of carbonyl (C=O) groups excluding carboxylic acids is 1. The lowest BCUT2D eigenvalue weighted by Gasteiger charge is -2.29. The average molecular weight is 450 g/mol. The lowest BCUT2D eigenvalue weighted by atomic mass is 9.75. The molecule has 0 radical (unpaired) electrons. The van der Waals surface area contributed by atoms with Crippen molar-refractivity contribution in [3.8, 4) is 0 Å². The first kappa shape index (κ1) is 21.6. The SMILES string of the molecule is Cn1nc(C(F)(F)F)cc1C1C2OC(CC2O)C1C(=O)Nc1cc(C(F)(F)F)ccn1. The van der Waals surface area contributed by atoms with Crippen molar-refractivity contribution in [1.29, 1.82) is 0 Å². The fourth-order valence-electron chi connectivity index (χ4n) is 4.21. The molecule has 5 atom stereocenters. The summed E-state index contributed by atoms with van der Waals surface area (Å²) in [6.07, 6.45) is -11.2. The first-order valence-electron chi connectivity index (χ1n) is 9.15. The first-order chi connectivity index (χ1) is 14.4. The number of fused-ring (bicyclic) bond motifs is 2. The number of nitrogens with one attached hydrogen (secondary N) is 1. The summed E-state index contributed by atoms with van der Waals surface area (Å²) in [7, 11) is 1.27. The molecule has 2 aliphatic heterocycles. The Bertz CT molecular complexity index is 1000. The van der Waals surface area contributed by atoms with Gasteiger partial charge in [0.1, 0.15) is 5.82 Å². The number of anilines is 1. The highest BCUT2D eigenvalue weighted by Crippen LogP contribution is 2.50. The maximum Gasteiger partial charge on any atom is 0.435 e. The molecule has 2 bridgehead atoms. The molecule has 2 aromatic heterocycles. The van der Waals surface area contributed by atoms with Gasteiger partial charge in [0, 0.05) is 31.3 Å². The Labute approximate surface area is 171 Å². The second-order valence-corrected chi connectivity index (χ2v) is 7.49. The van der Waals surface area contributed by atoms with Crippen LogP contribution in [0.15, 0.2) is 24.4 Å². The predicted molar refractivity (Wildman–Crippen MR) is 91.6 cm³/mol. The van der Waals surface area contributed by atoms with E-state index in [0.29, 0.717) is 6.07 Å². The van der Waals surface area contributed by atoms with Crippen LogP contribution in [0.2, 0.25) is 0 Å².